The lowest BCUT2D eigenvalue weighted by Gasteiger charge is -2.28. The molecule has 0 aliphatic heterocycles. The molecule has 1 N–H and O–H groups in total. The highest BCUT2D eigenvalue weighted by Crippen LogP contribution is 2.40. The quantitative estimate of drug-likeness (QED) is 0.484. The second-order valence-corrected chi connectivity index (χ2v) is 6.32. The molecule has 1 aliphatic rings. The highest BCUT2D eigenvalue weighted by molar-refractivity contribution is 7.86. The molecule has 2 rings (SSSR count). The number of allylic oxidation sites excluding steroid dienone is 1. The molecule has 0 heterocycles. The zero-order chi connectivity index (χ0) is 19.2. The van der Waals surface area contributed by atoms with Gasteiger partial charge in [-0.25, -0.2) is 0 Å². The number of fused-ring (bicyclic) bond motifs is 1. The van der Waals surface area contributed by atoms with Crippen LogP contribution < -0.4 is 0 Å². The van der Waals surface area contributed by atoms with Gasteiger partial charge in [0.1, 0.15) is 0 Å². The van der Waals surface area contributed by atoms with Gasteiger partial charge in [0.25, 0.3) is 11.9 Å². The second-order valence-electron chi connectivity index (χ2n) is 4.83. The Kier molecular flexibility index (Phi) is 4.46. The fraction of sp³-hybridized carbons (Fsp3) is 0.231. The molecule has 1 aromatic carbocycles. The molecule has 0 radical (unpaired) electrons. The van der Waals surface area contributed by atoms with Crippen LogP contribution in [-0.2, 0) is 19.6 Å². The third-order valence-corrected chi connectivity index (χ3v) is 4.02. The van der Waals surface area contributed by atoms with Crippen molar-refractivity contribution in [2.75, 3.05) is 0 Å². The molecule has 12 heteroatoms. The smallest absolute Gasteiger partial charge is 0.432 e. The summed E-state index contributed by atoms with van der Waals surface area (Å²) in [4.78, 5) is 23.6. The predicted molar refractivity (Wildman–Crippen MR) is 71.2 cm³/mol. The number of rotatable bonds is 4. The number of halogens is 5. The number of ether oxygens (including phenoxy) is 1. The lowest BCUT2D eigenvalue weighted by Crippen LogP contribution is -2.51. The van der Waals surface area contributed by atoms with Crippen LogP contribution in [0.4, 0.5) is 22.0 Å². The molecule has 1 atom stereocenters. The zero-order valence-electron chi connectivity index (χ0n) is 11.8. The summed E-state index contributed by atoms with van der Waals surface area (Å²) in [7, 11) is -6.53. The molecule has 6 nitrogen and oxygen atoms in total. The van der Waals surface area contributed by atoms with E-state index in [2.05, 4.69) is 4.74 Å². The Hall–Kier alpha value is -2.34. The van der Waals surface area contributed by atoms with Crippen LogP contribution in [0.15, 0.2) is 30.0 Å². The van der Waals surface area contributed by atoms with E-state index in [0.717, 1.165) is 0 Å². The maximum absolute atomic E-state index is 13.5. The van der Waals surface area contributed by atoms with Gasteiger partial charge in [0, 0.05) is 5.56 Å². The van der Waals surface area contributed by atoms with Gasteiger partial charge in [0.15, 0.2) is 5.76 Å². The summed E-state index contributed by atoms with van der Waals surface area (Å²) in [6.07, 6.45) is -9.79. The minimum absolute atomic E-state index is 0.0850. The van der Waals surface area contributed by atoms with Gasteiger partial charge in [0.2, 0.25) is 5.78 Å². The van der Waals surface area contributed by atoms with Gasteiger partial charge in [-0.2, -0.15) is 30.4 Å². The summed E-state index contributed by atoms with van der Waals surface area (Å²) in [6.45, 7) is 0. The third-order valence-electron chi connectivity index (χ3n) is 3.11. The Labute approximate surface area is 136 Å². The lowest BCUT2D eigenvalue weighted by atomic mass is 9.94. The van der Waals surface area contributed by atoms with E-state index < -0.39 is 45.0 Å². The van der Waals surface area contributed by atoms with E-state index in [-0.39, 0.29) is 11.1 Å². The maximum atomic E-state index is 13.5. The number of alkyl halides is 5. The first kappa shape index (κ1) is 19.0. The fourth-order valence-corrected chi connectivity index (χ4v) is 2.40. The molecule has 1 aliphatic carbocycles. The van der Waals surface area contributed by atoms with Gasteiger partial charge in [-0.15, -0.1) is 0 Å². The van der Waals surface area contributed by atoms with Crippen LogP contribution in [-0.4, -0.2) is 42.1 Å². The van der Waals surface area contributed by atoms with Gasteiger partial charge < -0.3 is 4.74 Å². The Bertz CT molecular complexity index is 871. The number of Topliss-reactive ketones (excluding diaryl/α,β-unsaturated/α-hetero) is 2. The molecular formula is C13H7F5O6S. The Morgan fingerprint density at radius 2 is 1.56 bits per heavy atom. The standard InChI is InChI=1S/C13H7F5O6S/c14-12(15,16)11(13(17,18)25(21,22)23)24-8-5-6-3-1-2-4-7(6)9(19)10(8)20/h1-5,11H,(H,21,22,23). The van der Waals surface area contributed by atoms with E-state index in [0.29, 0.717) is 6.08 Å². The Balaban J connectivity index is 2.53. The van der Waals surface area contributed by atoms with Crippen molar-refractivity contribution in [3.05, 3.63) is 41.2 Å². The summed E-state index contributed by atoms with van der Waals surface area (Å²) in [5.41, 5.74) is -0.275. The molecule has 1 unspecified atom stereocenters. The van der Waals surface area contributed by atoms with Crippen LogP contribution in [0.2, 0.25) is 0 Å². The number of carbonyl (C=O) groups excluding carboxylic acids is 2. The summed E-state index contributed by atoms with van der Waals surface area (Å²) in [6, 6.07) is 5.09. The van der Waals surface area contributed by atoms with Gasteiger partial charge in [-0.3, -0.25) is 14.1 Å². The molecule has 0 aromatic heterocycles. The largest absolute Gasteiger partial charge is 0.469 e. The van der Waals surface area contributed by atoms with Crippen molar-refractivity contribution in [1.82, 2.24) is 0 Å². The molecule has 136 valence electrons. The van der Waals surface area contributed by atoms with Gasteiger partial charge in [0.05, 0.1) is 0 Å². The highest BCUT2D eigenvalue weighted by atomic mass is 32.2. The van der Waals surface area contributed by atoms with Crippen LogP contribution in [0.1, 0.15) is 15.9 Å². The molecule has 1 aromatic rings. The lowest BCUT2D eigenvalue weighted by molar-refractivity contribution is -0.253. The van der Waals surface area contributed by atoms with Gasteiger partial charge >= 0.3 is 21.5 Å². The number of hydrogen-bond donors (Lipinski definition) is 1. The van der Waals surface area contributed by atoms with Gasteiger partial charge in [-0.1, -0.05) is 24.3 Å². The summed E-state index contributed by atoms with van der Waals surface area (Å²) >= 11 is 0. The zero-order valence-corrected chi connectivity index (χ0v) is 12.6. The van der Waals surface area contributed by atoms with E-state index in [9.17, 15) is 40.0 Å². The van der Waals surface area contributed by atoms with E-state index in [4.69, 9.17) is 4.55 Å². The van der Waals surface area contributed by atoms with Crippen LogP contribution in [0.25, 0.3) is 6.08 Å². The average Bonchev–Trinajstić information content (AvgIpc) is 2.46. The minimum atomic E-state index is -6.53. The van der Waals surface area contributed by atoms with Crippen molar-refractivity contribution in [3.8, 4) is 0 Å². The first-order valence-electron chi connectivity index (χ1n) is 6.25. The Morgan fingerprint density at radius 1 is 1.00 bits per heavy atom. The van der Waals surface area contributed by atoms with Crippen LogP contribution >= 0.6 is 0 Å². The van der Waals surface area contributed by atoms with Crippen molar-refractivity contribution >= 4 is 27.8 Å². The van der Waals surface area contributed by atoms with E-state index in [1.54, 1.807) is 0 Å². The summed E-state index contributed by atoms with van der Waals surface area (Å²) < 4.78 is 98.8. The molecule has 0 bridgehead atoms. The highest BCUT2D eigenvalue weighted by Gasteiger charge is 2.66. The van der Waals surface area contributed by atoms with E-state index in [1.165, 1.54) is 24.3 Å². The average molecular weight is 386 g/mol. The van der Waals surface area contributed by atoms with Crippen molar-refractivity contribution in [3.63, 3.8) is 0 Å². The molecule has 0 saturated carbocycles. The molecular weight excluding hydrogens is 379 g/mol. The first-order valence-corrected chi connectivity index (χ1v) is 7.69. The van der Waals surface area contributed by atoms with Crippen molar-refractivity contribution in [2.45, 2.75) is 17.5 Å². The van der Waals surface area contributed by atoms with Crippen molar-refractivity contribution in [1.29, 1.82) is 0 Å². The monoisotopic (exact) mass is 386 g/mol. The number of hydrogen-bond acceptors (Lipinski definition) is 5. The first-order chi connectivity index (χ1) is 11.3. The fourth-order valence-electron chi connectivity index (χ4n) is 1.95. The normalized spacial score (nSPS) is 17.0. The molecule has 0 fully saturated rings. The maximum Gasteiger partial charge on any atom is 0.432 e. The third kappa shape index (κ3) is 3.39. The minimum Gasteiger partial charge on any atom is -0.469 e. The number of carbonyl (C=O) groups is 2. The topological polar surface area (TPSA) is 97.7 Å². The van der Waals surface area contributed by atoms with E-state index in [1.807, 2.05) is 0 Å². The molecule has 0 amide bonds. The number of benzene rings is 1. The second kappa shape index (κ2) is 5.88. The van der Waals surface area contributed by atoms with Crippen molar-refractivity contribution in [2.24, 2.45) is 0 Å². The Morgan fingerprint density at radius 3 is 2.08 bits per heavy atom. The van der Waals surface area contributed by atoms with Crippen LogP contribution in [0.5, 0.6) is 0 Å². The van der Waals surface area contributed by atoms with Crippen molar-refractivity contribution < 1.29 is 49.2 Å². The molecule has 0 spiro atoms. The predicted octanol–water partition coefficient (Wildman–Crippen LogP) is 2.22. The van der Waals surface area contributed by atoms with E-state index >= 15 is 0 Å². The van der Waals surface area contributed by atoms with Crippen LogP contribution in [0, 0.1) is 0 Å². The SMILES string of the molecule is O=C1C(=O)c2ccccc2C=C1OC(C(F)(F)F)C(F)(F)S(=O)(=O)O. The summed E-state index contributed by atoms with van der Waals surface area (Å²) in [5.74, 6) is -4.40. The van der Waals surface area contributed by atoms with Gasteiger partial charge in [-0.05, 0) is 11.6 Å². The number of ketones is 2. The molecule has 0 saturated heterocycles. The van der Waals surface area contributed by atoms with Crippen LogP contribution in [0.3, 0.4) is 0 Å². The summed E-state index contributed by atoms with van der Waals surface area (Å²) in [5, 5.41) is -5.81. The molecule has 25 heavy (non-hydrogen) atoms.